The normalized spacial score (nSPS) is 18.4. The van der Waals surface area contributed by atoms with Gasteiger partial charge in [0.15, 0.2) is 0 Å². The molecule has 1 aromatic heterocycles. The van der Waals surface area contributed by atoms with Gasteiger partial charge in [-0.25, -0.2) is 9.07 Å². The fraction of sp³-hybridized carbons (Fsp3) is 0.444. The maximum absolute atomic E-state index is 13.8. The second-order valence-electron chi connectivity index (χ2n) is 6.17. The van der Waals surface area contributed by atoms with Gasteiger partial charge in [0.05, 0.1) is 11.8 Å². The van der Waals surface area contributed by atoms with Crippen LogP contribution in [0.4, 0.5) is 4.39 Å². The molecule has 0 N–H and O–H groups in total. The van der Waals surface area contributed by atoms with Gasteiger partial charge in [0, 0.05) is 33.0 Å². The van der Waals surface area contributed by atoms with Gasteiger partial charge < -0.3 is 9.64 Å². The Labute approximate surface area is 141 Å². The molecule has 3 rings (SSSR count). The summed E-state index contributed by atoms with van der Waals surface area (Å²) < 4.78 is 20.5. The molecule has 1 aliphatic heterocycles. The molecule has 1 aliphatic rings. The van der Waals surface area contributed by atoms with E-state index in [1.54, 1.807) is 31.5 Å². The summed E-state index contributed by atoms with van der Waals surface area (Å²) in [6, 6.07) is 6.38. The first kappa shape index (κ1) is 16.6. The standard InChI is InChI=1S/C18H22FN3O2/c1-24-13-14-5-4-9-21(10-8-14)18(23)15-11-20-22(12-15)17-7-3-2-6-16(17)19/h2-3,6-7,11-12,14H,4-5,8-10,13H2,1H3. The van der Waals surface area contributed by atoms with Crippen molar-refractivity contribution in [3.05, 3.63) is 48.0 Å². The van der Waals surface area contributed by atoms with Gasteiger partial charge >= 0.3 is 0 Å². The number of nitrogens with zero attached hydrogens (tertiary/aromatic N) is 3. The summed E-state index contributed by atoms with van der Waals surface area (Å²) in [7, 11) is 1.71. The molecule has 24 heavy (non-hydrogen) atoms. The van der Waals surface area contributed by atoms with E-state index in [0.29, 0.717) is 17.2 Å². The van der Waals surface area contributed by atoms with Gasteiger partial charge in [-0.05, 0) is 37.3 Å². The van der Waals surface area contributed by atoms with Crippen LogP contribution in [0.25, 0.3) is 5.69 Å². The lowest BCUT2D eigenvalue weighted by atomic mass is 10.0. The number of ether oxygens (including phenoxy) is 1. The zero-order valence-electron chi connectivity index (χ0n) is 13.8. The number of hydrogen-bond donors (Lipinski definition) is 0. The van der Waals surface area contributed by atoms with Crippen LogP contribution in [0.5, 0.6) is 0 Å². The summed E-state index contributed by atoms with van der Waals surface area (Å²) in [5.74, 6) is 0.0985. The molecular weight excluding hydrogens is 309 g/mol. The molecule has 2 aromatic rings. The van der Waals surface area contributed by atoms with E-state index < -0.39 is 0 Å². The maximum Gasteiger partial charge on any atom is 0.257 e. The summed E-state index contributed by atoms with van der Waals surface area (Å²) in [5, 5.41) is 4.14. The van der Waals surface area contributed by atoms with Gasteiger partial charge in [0.1, 0.15) is 11.5 Å². The van der Waals surface area contributed by atoms with Crippen LogP contribution >= 0.6 is 0 Å². The molecule has 0 spiro atoms. The van der Waals surface area contributed by atoms with E-state index in [1.165, 1.54) is 16.9 Å². The van der Waals surface area contributed by atoms with Crippen LogP contribution in [0, 0.1) is 11.7 Å². The topological polar surface area (TPSA) is 47.4 Å². The van der Waals surface area contributed by atoms with Crippen molar-refractivity contribution in [3.63, 3.8) is 0 Å². The van der Waals surface area contributed by atoms with Gasteiger partial charge in [-0.2, -0.15) is 5.10 Å². The molecule has 2 heterocycles. The van der Waals surface area contributed by atoms with Crippen LogP contribution in [0.1, 0.15) is 29.6 Å². The molecule has 0 bridgehead atoms. The quantitative estimate of drug-likeness (QED) is 0.865. The van der Waals surface area contributed by atoms with Crippen LogP contribution in [0.15, 0.2) is 36.7 Å². The molecule has 1 amide bonds. The minimum atomic E-state index is -0.364. The largest absolute Gasteiger partial charge is 0.384 e. The number of halogens is 1. The van der Waals surface area contributed by atoms with Crippen molar-refractivity contribution in [1.29, 1.82) is 0 Å². The molecule has 0 radical (unpaired) electrons. The zero-order chi connectivity index (χ0) is 16.9. The molecule has 6 heteroatoms. The van der Waals surface area contributed by atoms with Crippen LogP contribution in [0.2, 0.25) is 0 Å². The molecule has 5 nitrogen and oxygen atoms in total. The second-order valence-corrected chi connectivity index (χ2v) is 6.17. The zero-order valence-corrected chi connectivity index (χ0v) is 13.8. The van der Waals surface area contributed by atoms with Crippen molar-refractivity contribution < 1.29 is 13.9 Å². The lowest BCUT2D eigenvalue weighted by Crippen LogP contribution is -2.31. The Morgan fingerprint density at radius 1 is 1.33 bits per heavy atom. The minimum Gasteiger partial charge on any atom is -0.384 e. The lowest BCUT2D eigenvalue weighted by molar-refractivity contribution is 0.0755. The third-order valence-electron chi connectivity index (χ3n) is 4.47. The molecule has 1 atom stereocenters. The predicted octanol–water partition coefficient (Wildman–Crippen LogP) is 2.90. The number of carbonyl (C=O) groups is 1. The molecule has 1 fully saturated rings. The van der Waals surface area contributed by atoms with E-state index in [4.69, 9.17) is 4.74 Å². The Hall–Kier alpha value is -2.21. The van der Waals surface area contributed by atoms with Crippen molar-refractivity contribution in [2.24, 2.45) is 5.92 Å². The predicted molar refractivity (Wildman–Crippen MR) is 88.6 cm³/mol. The molecular formula is C18H22FN3O2. The van der Waals surface area contributed by atoms with E-state index in [-0.39, 0.29) is 11.7 Å². The highest BCUT2D eigenvalue weighted by Gasteiger charge is 2.22. The molecule has 1 aromatic carbocycles. The summed E-state index contributed by atoms with van der Waals surface area (Å²) in [4.78, 5) is 14.6. The Balaban J connectivity index is 1.71. The van der Waals surface area contributed by atoms with Crippen molar-refractivity contribution in [3.8, 4) is 5.69 Å². The first-order valence-electron chi connectivity index (χ1n) is 8.27. The molecule has 1 unspecified atom stereocenters. The number of carbonyl (C=O) groups excluding carboxylic acids is 1. The summed E-state index contributed by atoms with van der Waals surface area (Å²) in [5.41, 5.74) is 0.830. The second kappa shape index (κ2) is 7.57. The molecule has 1 saturated heterocycles. The third kappa shape index (κ3) is 3.64. The SMILES string of the molecule is COCC1CCCN(C(=O)c2cnn(-c3ccccc3F)c2)CC1. The Bertz CT molecular complexity index is 701. The van der Waals surface area contributed by atoms with Crippen LogP contribution in [-0.2, 0) is 4.74 Å². The fourth-order valence-electron chi connectivity index (χ4n) is 3.16. The summed E-state index contributed by atoms with van der Waals surface area (Å²) in [6.07, 6.45) is 6.10. The van der Waals surface area contributed by atoms with E-state index in [9.17, 15) is 9.18 Å². The number of amides is 1. The summed E-state index contributed by atoms with van der Waals surface area (Å²) >= 11 is 0. The highest BCUT2D eigenvalue weighted by molar-refractivity contribution is 5.93. The average molecular weight is 331 g/mol. The summed E-state index contributed by atoms with van der Waals surface area (Å²) in [6.45, 7) is 2.20. The number of para-hydroxylation sites is 1. The van der Waals surface area contributed by atoms with E-state index in [1.807, 2.05) is 4.90 Å². The maximum atomic E-state index is 13.8. The van der Waals surface area contributed by atoms with E-state index in [2.05, 4.69) is 5.10 Å². The van der Waals surface area contributed by atoms with Gasteiger partial charge in [-0.1, -0.05) is 12.1 Å². The van der Waals surface area contributed by atoms with Crippen molar-refractivity contribution in [2.45, 2.75) is 19.3 Å². The Kier molecular flexibility index (Phi) is 5.25. The van der Waals surface area contributed by atoms with Gasteiger partial charge in [0.2, 0.25) is 0 Å². The van der Waals surface area contributed by atoms with Crippen LogP contribution in [-0.4, -0.2) is 47.4 Å². The molecule has 0 aliphatic carbocycles. The van der Waals surface area contributed by atoms with Crippen LogP contribution in [0.3, 0.4) is 0 Å². The highest BCUT2D eigenvalue weighted by Crippen LogP contribution is 2.20. The number of benzene rings is 1. The molecule has 128 valence electrons. The van der Waals surface area contributed by atoms with Gasteiger partial charge in [0.25, 0.3) is 5.91 Å². The number of rotatable bonds is 4. The highest BCUT2D eigenvalue weighted by atomic mass is 19.1. The van der Waals surface area contributed by atoms with E-state index in [0.717, 1.165) is 39.0 Å². The lowest BCUT2D eigenvalue weighted by Gasteiger charge is -2.19. The fourth-order valence-corrected chi connectivity index (χ4v) is 3.16. The number of methoxy groups -OCH3 is 1. The molecule has 0 saturated carbocycles. The van der Waals surface area contributed by atoms with Gasteiger partial charge in [-0.15, -0.1) is 0 Å². The van der Waals surface area contributed by atoms with Crippen molar-refractivity contribution in [1.82, 2.24) is 14.7 Å². The van der Waals surface area contributed by atoms with E-state index >= 15 is 0 Å². The Morgan fingerprint density at radius 3 is 2.96 bits per heavy atom. The number of likely N-dealkylation sites (tertiary alicyclic amines) is 1. The van der Waals surface area contributed by atoms with Crippen molar-refractivity contribution in [2.75, 3.05) is 26.8 Å². The third-order valence-corrected chi connectivity index (χ3v) is 4.47. The van der Waals surface area contributed by atoms with Crippen molar-refractivity contribution >= 4 is 5.91 Å². The average Bonchev–Trinajstić information content (AvgIpc) is 2.95. The monoisotopic (exact) mass is 331 g/mol. The van der Waals surface area contributed by atoms with Crippen LogP contribution < -0.4 is 0 Å². The smallest absolute Gasteiger partial charge is 0.257 e. The Morgan fingerprint density at radius 2 is 2.17 bits per heavy atom. The number of aromatic nitrogens is 2. The first-order valence-corrected chi connectivity index (χ1v) is 8.27. The first-order chi connectivity index (χ1) is 11.7. The number of hydrogen-bond acceptors (Lipinski definition) is 3. The minimum absolute atomic E-state index is 0.0457. The van der Waals surface area contributed by atoms with Gasteiger partial charge in [-0.3, -0.25) is 4.79 Å².